The molecule has 0 bridgehead atoms. The summed E-state index contributed by atoms with van der Waals surface area (Å²) in [6, 6.07) is 0. The largest absolute Gasteiger partial charge is 0.496 e. The Morgan fingerprint density at radius 1 is 1.06 bits per heavy atom. The molecule has 0 atom stereocenters. The van der Waals surface area contributed by atoms with E-state index in [2.05, 4.69) is 5.32 Å². The van der Waals surface area contributed by atoms with E-state index in [0.717, 1.165) is 42.4 Å². The summed E-state index contributed by atoms with van der Waals surface area (Å²) in [4.78, 5) is 12.5. The van der Waals surface area contributed by atoms with Gasteiger partial charge in [-0.1, -0.05) is 25.7 Å². The third-order valence-electron chi connectivity index (χ3n) is 7.17. The van der Waals surface area contributed by atoms with Gasteiger partial charge in [-0.15, -0.1) is 0 Å². The summed E-state index contributed by atoms with van der Waals surface area (Å²) in [5.74, 6) is 0.914. The maximum atomic E-state index is 12.5. The molecule has 3 aliphatic rings. The Hall–Kier alpha value is -1.93. The van der Waals surface area contributed by atoms with Gasteiger partial charge in [-0.3, -0.25) is 0 Å². The normalized spacial score (nSPS) is 18.4. The molecule has 1 heterocycles. The van der Waals surface area contributed by atoms with E-state index in [0.29, 0.717) is 33.5 Å². The van der Waals surface area contributed by atoms with Crippen molar-refractivity contribution in [3.05, 3.63) is 22.3 Å². The van der Waals surface area contributed by atoms with Gasteiger partial charge in [-0.05, 0) is 62.6 Å². The second-order valence-corrected chi connectivity index (χ2v) is 9.97. The first-order valence-corrected chi connectivity index (χ1v) is 12.7. The Kier molecular flexibility index (Phi) is 7.74. The van der Waals surface area contributed by atoms with Crippen LogP contribution in [0.4, 0.5) is 5.69 Å². The number of cyclic esters (lactones) is 1. The van der Waals surface area contributed by atoms with Crippen LogP contribution in [0, 0.1) is 18.8 Å². The zero-order valence-electron chi connectivity index (χ0n) is 19.7. The minimum Gasteiger partial charge on any atom is -0.496 e. The summed E-state index contributed by atoms with van der Waals surface area (Å²) in [6.45, 7) is 2.20. The van der Waals surface area contributed by atoms with Gasteiger partial charge >= 0.3 is 5.97 Å². The molecule has 1 aliphatic heterocycles. The third kappa shape index (κ3) is 4.97. The maximum absolute atomic E-state index is 12.5. The van der Waals surface area contributed by atoms with E-state index in [1.807, 2.05) is 6.92 Å². The van der Waals surface area contributed by atoms with E-state index < -0.39 is 6.29 Å². The first kappa shape index (κ1) is 24.2. The van der Waals surface area contributed by atoms with Crippen molar-refractivity contribution in [2.45, 2.75) is 77.6 Å². The fourth-order valence-electron chi connectivity index (χ4n) is 5.38. The van der Waals surface area contributed by atoms with Crippen LogP contribution < -0.4 is 10.1 Å². The molecule has 33 heavy (non-hydrogen) atoms. The molecule has 0 amide bonds. The molecule has 0 aromatic heterocycles. The van der Waals surface area contributed by atoms with Crippen LogP contribution in [-0.2, 0) is 27.2 Å². The average molecular weight is 492 g/mol. The second-order valence-electron chi connectivity index (χ2n) is 9.16. The number of thiocarbonyl (C=S) groups is 2. The zero-order chi connectivity index (χ0) is 23.5. The maximum Gasteiger partial charge on any atom is 0.341 e. The van der Waals surface area contributed by atoms with Crippen LogP contribution in [0.2, 0.25) is 0 Å². The average Bonchev–Trinajstić information content (AvgIpc) is 3.57. The van der Waals surface area contributed by atoms with E-state index in [9.17, 15) is 4.79 Å². The highest BCUT2D eigenvalue weighted by Crippen LogP contribution is 2.42. The molecule has 6 nitrogen and oxygen atoms in total. The smallest absolute Gasteiger partial charge is 0.341 e. The Balaban J connectivity index is 1.66. The third-order valence-corrected chi connectivity index (χ3v) is 8.03. The minimum atomic E-state index is -0.679. The van der Waals surface area contributed by atoms with Crippen molar-refractivity contribution in [2.24, 2.45) is 11.8 Å². The first-order valence-electron chi connectivity index (χ1n) is 11.9. The predicted molar refractivity (Wildman–Crippen MR) is 135 cm³/mol. The number of nitrogens with one attached hydrogen (secondary N) is 1. The number of benzene rings is 1. The lowest BCUT2D eigenvalue weighted by molar-refractivity contribution is -0.0181. The Labute approximate surface area is 206 Å². The van der Waals surface area contributed by atoms with Gasteiger partial charge in [0.2, 0.25) is 6.29 Å². The number of hydrogen-bond donors (Lipinski definition) is 1. The Morgan fingerprint density at radius 2 is 1.61 bits per heavy atom. The highest BCUT2D eigenvalue weighted by Gasteiger charge is 2.34. The lowest BCUT2D eigenvalue weighted by atomic mass is 9.94. The van der Waals surface area contributed by atoms with Crippen molar-refractivity contribution in [3.8, 4) is 5.75 Å². The number of fused-ring (bicyclic) bond motifs is 1. The summed E-state index contributed by atoms with van der Waals surface area (Å²) in [5.41, 5.74) is 3.80. The number of carbonyl (C=O) groups is 1. The van der Waals surface area contributed by atoms with E-state index in [4.69, 9.17) is 43.4 Å². The van der Waals surface area contributed by atoms with Gasteiger partial charge < -0.3 is 24.3 Å². The highest BCUT2D eigenvalue weighted by molar-refractivity contribution is 7.80. The molecule has 0 unspecified atom stereocenters. The molecule has 2 saturated carbocycles. The molecule has 2 aliphatic carbocycles. The fourth-order valence-corrected chi connectivity index (χ4v) is 6.06. The molecular formula is C25H33NO5S2. The molecule has 2 fully saturated rings. The van der Waals surface area contributed by atoms with Gasteiger partial charge in [0.25, 0.3) is 0 Å². The van der Waals surface area contributed by atoms with Crippen LogP contribution in [0.3, 0.4) is 0 Å². The lowest BCUT2D eigenvalue weighted by Gasteiger charge is -2.27. The number of carbonyl (C=O) groups excluding carboxylic acids is 1. The summed E-state index contributed by atoms with van der Waals surface area (Å²) in [7, 11) is 3.43. The molecule has 0 saturated heterocycles. The van der Waals surface area contributed by atoms with E-state index in [-0.39, 0.29) is 24.4 Å². The van der Waals surface area contributed by atoms with Gasteiger partial charge in [-0.25, -0.2) is 4.79 Å². The Bertz CT molecular complexity index is 905. The van der Waals surface area contributed by atoms with Crippen molar-refractivity contribution < 1.29 is 23.7 Å². The number of esters is 1. The van der Waals surface area contributed by atoms with Gasteiger partial charge in [0.1, 0.15) is 12.4 Å². The standard InChI is InChI=1S/C25H33NO5S2/c1-14-18-13-29-23(27)20(18)21(26-2)17(22(14)28-3)12-19(30-24(32)15-8-4-5-9-15)31-25(33)16-10-6-7-11-16/h15-16,19,26H,4-13H2,1-3H3. The van der Waals surface area contributed by atoms with Crippen LogP contribution in [0.1, 0.15) is 78.4 Å². The quantitative estimate of drug-likeness (QED) is 0.284. The lowest BCUT2D eigenvalue weighted by Crippen LogP contribution is -2.30. The van der Waals surface area contributed by atoms with Crippen molar-refractivity contribution in [3.63, 3.8) is 0 Å². The molecular weight excluding hydrogens is 458 g/mol. The van der Waals surface area contributed by atoms with Crippen LogP contribution >= 0.6 is 24.4 Å². The fraction of sp³-hybridized carbons (Fsp3) is 0.640. The monoisotopic (exact) mass is 491 g/mol. The summed E-state index contributed by atoms with van der Waals surface area (Å²) in [6.07, 6.45) is 8.55. The van der Waals surface area contributed by atoms with Crippen molar-refractivity contribution >= 4 is 46.2 Å². The number of ether oxygens (including phenoxy) is 4. The number of hydrogen-bond acceptors (Lipinski definition) is 8. The highest BCUT2D eigenvalue weighted by atomic mass is 32.1. The van der Waals surface area contributed by atoms with Crippen molar-refractivity contribution in [1.82, 2.24) is 0 Å². The van der Waals surface area contributed by atoms with Gasteiger partial charge in [-0.2, -0.15) is 0 Å². The Morgan fingerprint density at radius 3 is 2.09 bits per heavy atom. The summed E-state index contributed by atoms with van der Waals surface area (Å²) in [5, 5.41) is 4.38. The topological polar surface area (TPSA) is 66.0 Å². The molecule has 8 heteroatoms. The van der Waals surface area contributed by atoms with Gasteiger partial charge in [0.15, 0.2) is 10.1 Å². The van der Waals surface area contributed by atoms with Crippen LogP contribution in [-0.4, -0.2) is 36.5 Å². The predicted octanol–water partition coefficient (Wildman–Crippen LogP) is 5.65. The number of methoxy groups -OCH3 is 1. The van der Waals surface area contributed by atoms with Gasteiger partial charge in [0, 0.05) is 30.0 Å². The number of anilines is 1. The van der Waals surface area contributed by atoms with Crippen LogP contribution in [0.5, 0.6) is 5.75 Å². The SMILES string of the molecule is CNc1c(CC(OC(=S)C2CCCC2)OC(=S)C2CCCC2)c(OC)c(C)c2c1C(=O)OC2. The molecule has 180 valence electrons. The van der Waals surface area contributed by atoms with Crippen molar-refractivity contribution in [1.29, 1.82) is 0 Å². The van der Waals surface area contributed by atoms with Crippen molar-refractivity contribution in [2.75, 3.05) is 19.5 Å². The zero-order valence-corrected chi connectivity index (χ0v) is 21.3. The molecule has 1 aromatic carbocycles. The molecule has 1 aromatic rings. The van der Waals surface area contributed by atoms with E-state index in [1.54, 1.807) is 14.2 Å². The second kappa shape index (κ2) is 10.6. The van der Waals surface area contributed by atoms with Gasteiger partial charge in [0.05, 0.1) is 24.8 Å². The molecule has 0 spiro atoms. The molecule has 0 radical (unpaired) electrons. The summed E-state index contributed by atoms with van der Waals surface area (Å²) >= 11 is 11.3. The van der Waals surface area contributed by atoms with Crippen LogP contribution in [0.15, 0.2) is 0 Å². The molecule has 1 N–H and O–H groups in total. The first-order chi connectivity index (χ1) is 15.9. The van der Waals surface area contributed by atoms with E-state index in [1.165, 1.54) is 25.7 Å². The minimum absolute atomic E-state index is 0.249. The number of rotatable bonds is 8. The summed E-state index contributed by atoms with van der Waals surface area (Å²) < 4.78 is 23.7. The molecule has 4 rings (SSSR count). The van der Waals surface area contributed by atoms with Crippen LogP contribution in [0.25, 0.3) is 0 Å². The van der Waals surface area contributed by atoms with E-state index >= 15 is 0 Å².